The molecule has 1 saturated heterocycles. The summed E-state index contributed by atoms with van der Waals surface area (Å²) in [5.41, 5.74) is 2.34. The number of hydrogen-bond acceptors (Lipinski definition) is 1. The van der Waals surface area contributed by atoms with Gasteiger partial charge < -0.3 is 4.74 Å². The SMILES string of the molecule is CCCCC[Si]1CCC(c2ccc(-c3cc(F)c(OCC(F)F)c(F)c3)cc2)CC1. The summed E-state index contributed by atoms with van der Waals surface area (Å²) in [5.74, 6) is -2.13. The first-order valence-corrected chi connectivity index (χ1v) is 12.9. The van der Waals surface area contributed by atoms with Crippen molar-refractivity contribution in [3.8, 4) is 16.9 Å². The highest BCUT2D eigenvalue weighted by atomic mass is 28.3. The summed E-state index contributed by atoms with van der Waals surface area (Å²) in [6.45, 7) is 1.21. The van der Waals surface area contributed by atoms with E-state index < -0.39 is 30.4 Å². The highest BCUT2D eigenvalue weighted by Gasteiger charge is 2.23. The normalized spacial score (nSPS) is 15.7. The van der Waals surface area contributed by atoms with Crippen LogP contribution in [0.4, 0.5) is 17.6 Å². The molecule has 1 aliphatic heterocycles. The fraction of sp³-hybridized carbons (Fsp3) is 0.500. The molecule has 1 radical (unpaired) electrons. The molecular formula is C24H29F4OSi. The van der Waals surface area contributed by atoms with Crippen molar-refractivity contribution in [1.82, 2.24) is 0 Å². The zero-order valence-electron chi connectivity index (χ0n) is 17.4. The van der Waals surface area contributed by atoms with Gasteiger partial charge in [-0.3, -0.25) is 0 Å². The van der Waals surface area contributed by atoms with Gasteiger partial charge >= 0.3 is 0 Å². The molecule has 0 N–H and O–H groups in total. The van der Waals surface area contributed by atoms with E-state index in [0.717, 1.165) is 12.1 Å². The molecule has 1 aliphatic rings. The second-order valence-corrected chi connectivity index (χ2v) is 11.1. The van der Waals surface area contributed by atoms with Crippen molar-refractivity contribution in [3.05, 3.63) is 53.6 Å². The molecule has 30 heavy (non-hydrogen) atoms. The zero-order chi connectivity index (χ0) is 21.5. The summed E-state index contributed by atoms with van der Waals surface area (Å²) in [5, 5.41) is 0. The van der Waals surface area contributed by atoms with Crippen LogP contribution in [0.25, 0.3) is 11.1 Å². The summed E-state index contributed by atoms with van der Waals surface area (Å²) in [4.78, 5) is 0. The second kappa shape index (κ2) is 11.0. The number of unbranched alkanes of at least 4 members (excludes halogenated alkanes) is 2. The Labute approximate surface area is 178 Å². The van der Waals surface area contributed by atoms with Gasteiger partial charge in [-0.25, -0.2) is 17.6 Å². The van der Waals surface area contributed by atoms with Crippen LogP contribution in [0.3, 0.4) is 0 Å². The largest absolute Gasteiger partial charge is 0.482 e. The Kier molecular flexibility index (Phi) is 8.37. The lowest BCUT2D eigenvalue weighted by Gasteiger charge is -2.28. The summed E-state index contributed by atoms with van der Waals surface area (Å²) in [6.07, 6.45) is 3.69. The maximum absolute atomic E-state index is 14.2. The molecule has 0 aliphatic carbocycles. The van der Waals surface area contributed by atoms with E-state index in [0.29, 0.717) is 17.0 Å². The van der Waals surface area contributed by atoms with E-state index in [1.54, 1.807) is 0 Å². The molecule has 1 nitrogen and oxygen atoms in total. The van der Waals surface area contributed by atoms with Gasteiger partial charge in [-0.2, -0.15) is 0 Å². The Balaban J connectivity index is 1.62. The Morgan fingerprint density at radius 1 is 0.967 bits per heavy atom. The Morgan fingerprint density at radius 3 is 2.17 bits per heavy atom. The van der Waals surface area contributed by atoms with Gasteiger partial charge in [0, 0.05) is 8.80 Å². The Morgan fingerprint density at radius 2 is 1.60 bits per heavy atom. The third kappa shape index (κ3) is 6.09. The van der Waals surface area contributed by atoms with Gasteiger partial charge in [0.15, 0.2) is 17.4 Å². The topological polar surface area (TPSA) is 9.23 Å². The highest BCUT2D eigenvalue weighted by Crippen LogP contribution is 2.36. The number of benzene rings is 2. The number of alkyl halides is 2. The van der Waals surface area contributed by atoms with Crippen LogP contribution in [0.5, 0.6) is 5.75 Å². The van der Waals surface area contributed by atoms with E-state index >= 15 is 0 Å². The predicted molar refractivity (Wildman–Crippen MR) is 115 cm³/mol. The molecule has 0 atom stereocenters. The molecule has 0 aromatic heterocycles. The average Bonchev–Trinajstić information content (AvgIpc) is 2.74. The molecule has 163 valence electrons. The van der Waals surface area contributed by atoms with Gasteiger partial charge in [0.1, 0.15) is 6.61 Å². The first kappa shape index (κ1) is 22.9. The van der Waals surface area contributed by atoms with Crippen LogP contribution in [0.15, 0.2) is 36.4 Å². The Hall–Kier alpha value is -1.82. The van der Waals surface area contributed by atoms with Crippen LogP contribution in [0.1, 0.15) is 50.5 Å². The van der Waals surface area contributed by atoms with Crippen LogP contribution in [0, 0.1) is 11.6 Å². The molecule has 1 fully saturated rings. The van der Waals surface area contributed by atoms with Gasteiger partial charge in [0.05, 0.1) is 0 Å². The minimum absolute atomic E-state index is 0.176. The lowest BCUT2D eigenvalue weighted by atomic mass is 9.92. The maximum Gasteiger partial charge on any atom is 0.272 e. The molecule has 0 amide bonds. The van der Waals surface area contributed by atoms with Crippen LogP contribution in [-0.2, 0) is 0 Å². The van der Waals surface area contributed by atoms with Gasteiger partial charge in [-0.15, -0.1) is 0 Å². The van der Waals surface area contributed by atoms with E-state index in [4.69, 9.17) is 0 Å². The maximum atomic E-state index is 14.2. The minimum atomic E-state index is -2.79. The fourth-order valence-corrected chi connectivity index (χ4v) is 7.21. The molecular weight excluding hydrogens is 408 g/mol. The average molecular weight is 438 g/mol. The lowest BCUT2D eigenvalue weighted by Crippen LogP contribution is -2.20. The number of ether oxygens (including phenoxy) is 1. The second-order valence-electron chi connectivity index (χ2n) is 8.07. The molecule has 2 aromatic rings. The molecule has 1 heterocycles. The molecule has 2 aromatic carbocycles. The summed E-state index contributed by atoms with van der Waals surface area (Å²) in [7, 11) is -0.176. The van der Waals surface area contributed by atoms with Crippen LogP contribution >= 0.6 is 0 Å². The third-order valence-electron chi connectivity index (χ3n) is 5.89. The van der Waals surface area contributed by atoms with Crippen LogP contribution < -0.4 is 4.74 Å². The quantitative estimate of drug-likeness (QED) is 0.221. The van der Waals surface area contributed by atoms with Crippen molar-refractivity contribution in [2.75, 3.05) is 6.61 Å². The summed E-state index contributed by atoms with van der Waals surface area (Å²) in [6, 6.07) is 14.3. The van der Waals surface area contributed by atoms with E-state index in [1.807, 2.05) is 24.3 Å². The molecule has 0 saturated carbocycles. The van der Waals surface area contributed by atoms with Gasteiger partial charge in [-0.1, -0.05) is 68.6 Å². The minimum Gasteiger partial charge on any atom is -0.482 e. The summed E-state index contributed by atoms with van der Waals surface area (Å²) < 4.78 is 57.4. The van der Waals surface area contributed by atoms with Gasteiger partial charge in [-0.05, 0) is 47.6 Å². The third-order valence-corrected chi connectivity index (χ3v) is 8.95. The number of rotatable bonds is 9. The highest BCUT2D eigenvalue weighted by molar-refractivity contribution is 6.59. The number of halogens is 4. The van der Waals surface area contributed by atoms with Crippen molar-refractivity contribution in [2.24, 2.45) is 0 Å². The van der Waals surface area contributed by atoms with Crippen molar-refractivity contribution in [2.45, 2.75) is 69.5 Å². The van der Waals surface area contributed by atoms with E-state index in [9.17, 15) is 17.6 Å². The van der Waals surface area contributed by atoms with Crippen LogP contribution in [0.2, 0.25) is 18.1 Å². The molecule has 0 unspecified atom stereocenters. The van der Waals surface area contributed by atoms with Crippen molar-refractivity contribution < 1.29 is 22.3 Å². The first-order chi connectivity index (χ1) is 14.5. The predicted octanol–water partition coefficient (Wildman–Crippen LogP) is 7.84. The van der Waals surface area contributed by atoms with E-state index in [-0.39, 0.29) is 8.80 Å². The standard InChI is InChI=1S/C24H29F4OSi/c1-2-3-4-11-30-12-9-19(10-13-30)17-5-7-18(8-6-17)20-14-21(25)24(22(26)15-20)29-16-23(27)28/h5-8,14-15,19,23H,2-4,9-13,16H2,1H3. The molecule has 0 bridgehead atoms. The van der Waals surface area contributed by atoms with E-state index in [2.05, 4.69) is 11.7 Å². The van der Waals surface area contributed by atoms with Gasteiger partial charge in [0.25, 0.3) is 6.43 Å². The first-order valence-electron chi connectivity index (χ1n) is 10.8. The Bertz CT molecular complexity index is 778. The van der Waals surface area contributed by atoms with E-state index in [1.165, 1.54) is 55.8 Å². The van der Waals surface area contributed by atoms with Gasteiger partial charge in [0.2, 0.25) is 0 Å². The lowest BCUT2D eigenvalue weighted by molar-refractivity contribution is 0.0777. The van der Waals surface area contributed by atoms with Crippen molar-refractivity contribution in [3.63, 3.8) is 0 Å². The van der Waals surface area contributed by atoms with Crippen LogP contribution in [-0.4, -0.2) is 21.8 Å². The van der Waals surface area contributed by atoms with Crippen molar-refractivity contribution in [1.29, 1.82) is 0 Å². The summed E-state index contributed by atoms with van der Waals surface area (Å²) >= 11 is 0. The molecule has 0 spiro atoms. The molecule has 6 heteroatoms. The van der Waals surface area contributed by atoms with Crippen molar-refractivity contribution >= 4 is 8.80 Å². The number of hydrogen-bond donors (Lipinski definition) is 0. The smallest absolute Gasteiger partial charge is 0.272 e. The zero-order valence-corrected chi connectivity index (χ0v) is 18.4. The molecule has 3 rings (SSSR count). The monoisotopic (exact) mass is 437 g/mol. The fourth-order valence-electron chi connectivity index (χ4n) is 4.19.